The van der Waals surface area contributed by atoms with Crippen molar-refractivity contribution >= 4 is 5.91 Å². The molecule has 122 valence electrons. The van der Waals surface area contributed by atoms with E-state index in [0.717, 1.165) is 31.8 Å². The number of hydrogen-bond donors (Lipinski definition) is 0. The molecule has 3 rings (SSSR count). The van der Waals surface area contributed by atoms with Gasteiger partial charge in [0.1, 0.15) is 0 Å². The summed E-state index contributed by atoms with van der Waals surface area (Å²) >= 11 is 0. The molecule has 2 fully saturated rings. The fourth-order valence-electron chi connectivity index (χ4n) is 3.15. The molecule has 0 saturated carbocycles. The number of piperidine rings is 1. The molecule has 7 heteroatoms. The second-order valence-corrected chi connectivity index (χ2v) is 6.25. The van der Waals surface area contributed by atoms with Gasteiger partial charge in [-0.05, 0) is 39.8 Å². The van der Waals surface area contributed by atoms with E-state index in [4.69, 9.17) is 9.26 Å². The average molecular weight is 308 g/mol. The van der Waals surface area contributed by atoms with Gasteiger partial charge >= 0.3 is 0 Å². The summed E-state index contributed by atoms with van der Waals surface area (Å²) in [6, 6.07) is 0. The monoisotopic (exact) mass is 308 g/mol. The summed E-state index contributed by atoms with van der Waals surface area (Å²) in [7, 11) is 0. The minimum atomic E-state index is 0.143. The van der Waals surface area contributed by atoms with Gasteiger partial charge in [-0.2, -0.15) is 4.98 Å². The highest BCUT2D eigenvalue weighted by molar-refractivity contribution is 5.78. The predicted molar refractivity (Wildman–Crippen MR) is 79.4 cm³/mol. The molecule has 0 radical (unpaired) electrons. The van der Waals surface area contributed by atoms with Crippen LogP contribution in [0.5, 0.6) is 0 Å². The van der Waals surface area contributed by atoms with Crippen LogP contribution in [0, 0.1) is 6.92 Å². The van der Waals surface area contributed by atoms with E-state index < -0.39 is 0 Å². The molecular formula is C15H24N4O3. The normalized spacial score (nSPS) is 24.6. The molecule has 0 bridgehead atoms. The van der Waals surface area contributed by atoms with Crippen LogP contribution in [0.25, 0.3) is 0 Å². The van der Waals surface area contributed by atoms with Crippen LogP contribution in [0.3, 0.4) is 0 Å². The lowest BCUT2D eigenvalue weighted by molar-refractivity contribution is -0.139. The molecule has 0 aromatic carbocycles. The lowest BCUT2D eigenvalue weighted by atomic mass is 9.97. The van der Waals surface area contributed by atoms with Crippen LogP contribution in [0.2, 0.25) is 0 Å². The summed E-state index contributed by atoms with van der Waals surface area (Å²) in [5, 5.41) is 3.86. The molecule has 1 atom stereocenters. The van der Waals surface area contributed by atoms with Crippen molar-refractivity contribution in [3.8, 4) is 0 Å². The van der Waals surface area contributed by atoms with Gasteiger partial charge in [0.2, 0.25) is 11.8 Å². The number of ether oxygens (including phenoxy) is 1. The topological polar surface area (TPSA) is 71.7 Å². The standard InChI is InChI=1S/C15H24N4O3/c1-11-9-19(7-8-21-11)14(20)10-18-5-3-13(4-6-18)15-16-12(2)17-22-15/h11,13H,3-10H2,1-2H3/t11-/m0/s1. The second kappa shape index (κ2) is 6.75. The largest absolute Gasteiger partial charge is 0.375 e. The molecule has 0 aliphatic carbocycles. The van der Waals surface area contributed by atoms with E-state index in [0.29, 0.717) is 38.0 Å². The lowest BCUT2D eigenvalue weighted by Gasteiger charge is -2.35. The van der Waals surface area contributed by atoms with Crippen molar-refractivity contribution in [3.63, 3.8) is 0 Å². The van der Waals surface area contributed by atoms with Crippen LogP contribution in [0.15, 0.2) is 4.52 Å². The SMILES string of the molecule is Cc1noc(C2CCN(CC(=O)N3CCO[C@@H](C)C3)CC2)n1. The van der Waals surface area contributed by atoms with E-state index in [1.165, 1.54) is 0 Å². The number of amides is 1. The first-order chi connectivity index (χ1) is 10.6. The molecule has 1 aromatic rings. The maximum atomic E-state index is 12.4. The Bertz CT molecular complexity index is 511. The summed E-state index contributed by atoms with van der Waals surface area (Å²) in [4.78, 5) is 20.8. The van der Waals surface area contributed by atoms with Crippen LogP contribution >= 0.6 is 0 Å². The van der Waals surface area contributed by atoms with E-state index in [9.17, 15) is 4.79 Å². The number of carbonyl (C=O) groups is 1. The fraction of sp³-hybridized carbons (Fsp3) is 0.800. The summed E-state index contributed by atoms with van der Waals surface area (Å²) in [5.41, 5.74) is 0. The first-order valence-corrected chi connectivity index (χ1v) is 8.04. The first kappa shape index (κ1) is 15.4. The minimum Gasteiger partial charge on any atom is -0.375 e. The van der Waals surface area contributed by atoms with Gasteiger partial charge in [-0.15, -0.1) is 0 Å². The van der Waals surface area contributed by atoms with Gasteiger partial charge in [0.05, 0.1) is 19.3 Å². The Morgan fingerprint density at radius 1 is 1.32 bits per heavy atom. The third-order valence-electron chi connectivity index (χ3n) is 4.43. The lowest BCUT2D eigenvalue weighted by Crippen LogP contribution is -2.49. The first-order valence-electron chi connectivity index (χ1n) is 8.04. The van der Waals surface area contributed by atoms with Crippen molar-refractivity contribution in [3.05, 3.63) is 11.7 Å². The Kier molecular flexibility index (Phi) is 4.73. The van der Waals surface area contributed by atoms with Crippen LogP contribution in [-0.2, 0) is 9.53 Å². The van der Waals surface area contributed by atoms with Crippen LogP contribution < -0.4 is 0 Å². The number of carbonyl (C=O) groups excluding carboxylic acids is 1. The van der Waals surface area contributed by atoms with E-state index >= 15 is 0 Å². The number of rotatable bonds is 3. The molecule has 22 heavy (non-hydrogen) atoms. The van der Waals surface area contributed by atoms with Crippen molar-refractivity contribution in [1.82, 2.24) is 19.9 Å². The number of hydrogen-bond acceptors (Lipinski definition) is 6. The highest BCUT2D eigenvalue weighted by Gasteiger charge is 2.28. The smallest absolute Gasteiger partial charge is 0.236 e. The van der Waals surface area contributed by atoms with Crippen LogP contribution in [0.1, 0.15) is 37.4 Å². The maximum absolute atomic E-state index is 12.4. The van der Waals surface area contributed by atoms with Crippen LogP contribution in [0.4, 0.5) is 0 Å². The molecule has 0 unspecified atom stereocenters. The third-order valence-corrected chi connectivity index (χ3v) is 4.43. The average Bonchev–Trinajstić information content (AvgIpc) is 2.94. The number of aromatic nitrogens is 2. The molecule has 0 spiro atoms. The van der Waals surface area contributed by atoms with Crippen molar-refractivity contribution < 1.29 is 14.1 Å². The van der Waals surface area contributed by atoms with Crippen molar-refractivity contribution in [2.45, 2.75) is 38.7 Å². The van der Waals surface area contributed by atoms with E-state index in [1.54, 1.807) is 0 Å². The highest BCUT2D eigenvalue weighted by Crippen LogP contribution is 2.26. The molecule has 2 saturated heterocycles. The molecule has 1 amide bonds. The Balaban J connectivity index is 1.46. The van der Waals surface area contributed by atoms with Crippen molar-refractivity contribution in [2.24, 2.45) is 0 Å². The zero-order valence-corrected chi connectivity index (χ0v) is 13.3. The van der Waals surface area contributed by atoms with Gasteiger partial charge in [-0.25, -0.2) is 0 Å². The molecule has 7 nitrogen and oxygen atoms in total. The molecule has 3 heterocycles. The second-order valence-electron chi connectivity index (χ2n) is 6.25. The van der Waals surface area contributed by atoms with Crippen LogP contribution in [-0.4, -0.2) is 71.3 Å². The number of morpholine rings is 1. The predicted octanol–water partition coefficient (Wildman–Crippen LogP) is 0.805. The summed E-state index contributed by atoms with van der Waals surface area (Å²) in [6.45, 7) is 8.21. The van der Waals surface area contributed by atoms with Crippen molar-refractivity contribution in [1.29, 1.82) is 0 Å². The van der Waals surface area contributed by atoms with Gasteiger partial charge < -0.3 is 14.2 Å². The van der Waals surface area contributed by atoms with Gasteiger partial charge in [-0.3, -0.25) is 9.69 Å². The van der Waals surface area contributed by atoms with E-state index in [-0.39, 0.29) is 12.0 Å². The van der Waals surface area contributed by atoms with Gasteiger partial charge in [0, 0.05) is 19.0 Å². The summed E-state index contributed by atoms with van der Waals surface area (Å²) in [6.07, 6.45) is 2.08. The van der Waals surface area contributed by atoms with Gasteiger partial charge in [-0.1, -0.05) is 5.16 Å². The Hall–Kier alpha value is -1.47. The maximum Gasteiger partial charge on any atom is 0.236 e. The third kappa shape index (κ3) is 3.64. The van der Waals surface area contributed by atoms with Gasteiger partial charge in [0.25, 0.3) is 0 Å². The number of likely N-dealkylation sites (tertiary alicyclic amines) is 1. The zero-order valence-electron chi connectivity index (χ0n) is 13.3. The molecular weight excluding hydrogens is 284 g/mol. The number of aryl methyl sites for hydroxylation is 1. The highest BCUT2D eigenvalue weighted by atomic mass is 16.5. The molecule has 1 aromatic heterocycles. The van der Waals surface area contributed by atoms with Gasteiger partial charge in [0.15, 0.2) is 5.82 Å². The Morgan fingerprint density at radius 2 is 2.09 bits per heavy atom. The zero-order chi connectivity index (χ0) is 15.5. The molecule has 0 N–H and O–H groups in total. The number of nitrogens with zero attached hydrogens (tertiary/aromatic N) is 4. The summed E-state index contributed by atoms with van der Waals surface area (Å²) in [5.74, 6) is 1.97. The van der Waals surface area contributed by atoms with E-state index in [1.807, 2.05) is 18.7 Å². The van der Waals surface area contributed by atoms with Crippen molar-refractivity contribution in [2.75, 3.05) is 39.3 Å². The molecule has 2 aliphatic rings. The van der Waals surface area contributed by atoms with E-state index in [2.05, 4.69) is 15.0 Å². The Labute approximate surface area is 130 Å². The summed E-state index contributed by atoms with van der Waals surface area (Å²) < 4.78 is 10.7. The fourth-order valence-corrected chi connectivity index (χ4v) is 3.15. The quantitative estimate of drug-likeness (QED) is 0.823. The minimum absolute atomic E-state index is 0.143. The Morgan fingerprint density at radius 3 is 2.73 bits per heavy atom. The molecule has 2 aliphatic heterocycles.